The second-order valence-electron chi connectivity index (χ2n) is 8.58. The Kier molecular flexibility index (Phi) is 10.8. The number of anilines is 1. The van der Waals surface area contributed by atoms with Gasteiger partial charge in [0.25, 0.3) is 5.91 Å². The first-order valence-corrected chi connectivity index (χ1v) is 12.7. The van der Waals surface area contributed by atoms with E-state index in [1.165, 1.54) is 19.4 Å². The molecule has 2 heterocycles. The number of nitrogens with zero attached hydrogens (tertiary/aromatic N) is 2. The first-order valence-electron chi connectivity index (χ1n) is 12.0. The van der Waals surface area contributed by atoms with Crippen LogP contribution in [0.25, 0.3) is 0 Å². The first-order chi connectivity index (χ1) is 17.8. The standard InChI is InChI=1S/C25H31Cl2N5O5/c1-3-21(37-24-20(27)12-17(26)14-29-24)23(34)28-13-16-5-4-6-18(11-16)30-25(35)31-19-7-9-32(15-19)10-8-22(33)36-2/h4-6,11-12,14,19,21H,3,7-10,13,15H2,1-2H3,(H,28,34)(H2,30,31,35). The van der Waals surface area contributed by atoms with E-state index < -0.39 is 6.10 Å². The summed E-state index contributed by atoms with van der Waals surface area (Å²) in [7, 11) is 1.37. The lowest BCUT2D eigenvalue weighted by Crippen LogP contribution is -2.40. The molecule has 0 spiro atoms. The van der Waals surface area contributed by atoms with Crippen LogP contribution in [0.15, 0.2) is 36.5 Å². The minimum absolute atomic E-state index is 0.00488. The number of carbonyl (C=O) groups is 3. The van der Waals surface area contributed by atoms with Gasteiger partial charge in [-0.25, -0.2) is 9.78 Å². The van der Waals surface area contributed by atoms with Gasteiger partial charge < -0.3 is 30.3 Å². The number of carbonyl (C=O) groups excluding carboxylic acids is 3. The molecule has 1 fully saturated rings. The predicted octanol–water partition coefficient (Wildman–Crippen LogP) is 3.62. The molecule has 3 N–H and O–H groups in total. The molecule has 2 unspecified atom stereocenters. The number of amides is 3. The van der Waals surface area contributed by atoms with E-state index in [2.05, 4.69) is 30.6 Å². The maximum atomic E-state index is 12.7. The maximum absolute atomic E-state index is 12.7. The summed E-state index contributed by atoms with van der Waals surface area (Å²) in [5.41, 5.74) is 1.41. The van der Waals surface area contributed by atoms with Crippen LogP contribution in [-0.4, -0.2) is 66.7 Å². The number of nitrogens with one attached hydrogen (secondary N) is 3. The van der Waals surface area contributed by atoms with Gasteiger partial charge in [0.2, 0.25) is 5.88 Å². The molecule has 0 radical (unpaired) electrons. The van der Waals surface area contributed by atoms with Gasteiger partial charge in [0, 0.05) is 44.1 Å². The van der Waals surface area contributed by atoms with Gasteiger partial charge in [-0.05, 0) is 36.6 Å². The third-order valence-electron chi connectivity index (χ3n) is 5.81. The van der Waals surface area contributed by atoms with Crippen LogP contribution < -0.4 is 20.7 Å². The summed E-state index contributed by atoms with van der Waals surface area (Å²) < 4.78 is 10.3. The highest BCUT2D eigenvalue weighted by Crippen LogP contribution is 2.26. The van der Waals surface area contributed by atoms with E-state index in [-0.39, 0.29) is 41.4 Å². The summed E-state index contributed by atoms with van der Waals surface area (Å²) in [5.74, 6) is -0.422. The molecule has 3 rings (SSSR count). The van der Waals surface area contributed by atoms with Gasteiger partial charge in [0.15, 0.2) is 6.10 Å². The molecule has 3 amide bonds. The SMILES string of the molecule is CCC(Oc1ncc(Cl)cc1Cl)C(=O)NCc1cccc(NC(=O)NC2CCN(CCC(=O)OC)C2)c1. The van der Waals surface area contributed by atoms with Crippen molar-refractivity contribution in [3.63, 3.8) is 0 Å². The van der Waals surface area contributed by atoms with Crippen LogP contribution >= 0.6 is 23.2 Å². The molecule has 1 aromatic heterocycles. The molecule has 10 nitrogen and oxygen atoms in total. The second kappa shape index (κ2) is 14.0. The monoisotopic (exact) mass is 551 g/mol. The van der Waals surface area contributed by atoms with Crippen LogP contribution in [0.5, 0.6) is 5.88 Å². The van der Waals surface area contributed by atoms with Crippen LogP contribution in [-0.2, 0) is 20.9 Å². The molecule has 37 heavy (non-hydrogen) atoms. The number of methoxy groups -OCH3 is 1. The van der Waals surface area contributed by atoms with Gasteiger partial charge in [-0.15, -0.1) is 0 Å². The van der Waals surface area contributed by atoms with Crippen molar-refractivity contribution in [3.8, 4) is 5.88 Å². The molecule has 200 valence electrons. The van der Waals surface area contributed by atoms with Crippen molar-refractivity contribution in [3.05, 3.63) is 52.1 Å². The number of hydrogen-bond acceptors (Lipinski definition) is 7. The zero-order valence-corrected chi connectivity index (χ0v) is 22.3. The highest BCUT2D eigenvalue weighted by atomic mass is 35.5. The zero-order chi connectivity index (χ0) is 26.8. The largest absolute Gasteiger partial charge is 0.469 e. The normalized spacial score (nSPS) is 16.1. The summed E-state index contributed by atoms with van der Waals surface area (Å²) in [5, 5.41) is 9.24. The minimum Gasteiger partial charge on any atom is -0.469 e. The third-order valence-corrected chi connectivity index (χ3v) is 6.29. The van der Waals surface area contributed by atoms with Crippen molar-refractivity contribution in [2.45, 2.75) is 44.9 Å². The number of aromatic nitrogens is 1. The van der Waals surface area contributed by atoms with Crippen LogP contribution in [0.1, 0.15) is 31.7 Å². The number of benzene rings is 1. The molecular formula is C25H31Cl2N5O5. The molecular weight excluding hydrogens is 521 g/mol. The van der Waals surface area contributed by atoms with Crippen LogP contribution in [0, 0.1) is 0 Å². The smallest absolute Gasteiger partial charge is 0.319 e. The molecule has 0 bridgehead atoms. The first kappa shape index (κ1) is 28.5. The van der Waals surface area contributed by atoms with Gasteiger partial charge in [0.1, 0.15) is 5.02 Å². The van der Waals surface area contributed by atoms with E-state index in [0.29, 0.717) is 36.6 Å². The Labute approximate surface area is 226 Å². The Bertz CT molecular complexity index is 1100. The van der Waals surface area contributed by atoms with Crippen LogP contribution in [0.2, 0.25) is 10.0 Å². The highest BCUT2D eigenvalue weighted by molar-refractivity contribution is 6.35. The molecule has 2 atom stereocenters. The number of ether oxygens (including phenoxy) is 2. The number of esters is 1. The average Bonchev–Trinajstić information content (AvgIpc) is 3.32. The molecule has 12 heteroatoms. The van der Waals surface area contributed by atoms with Crippen molar-refractivity contribution in [1.29, 1.82) is 0 Å². The molecule has 0 aliphatic carbocycles. The Morgan fingerprint density at radius 3 is 2.78 bits per heavy atom. The Morgan fingerprint density at radius 1 is 1.24 bits per heavy atom. The fourth-order valence-electron chi connectivity index (χ4n) is 3.87. The lowest BCUT2D eigenvalue weighted by atomic mass is 10.2. The topological polar surface area (TPSA) is 122 Å². The summed E-state index contributed by atoms with van der Waals surface area (Å²) in [6, 6.07) is 8.39. The fraction of sp³-hybridized carbons (Fsp3) is 0.440. The van der Waals surface area contributed by atoms with Crippen molar-refractivity contribution < 1.29 is 23.9 Å². The molecule has 1 saturated heterocycles. The van der Waals surface area contributed by atoms with Gasteiger partial charge in [0.05, 0.1) is 18.6 Å². The number of rotatable bonds is 11. The van der Waals surface area contributed by atoms with Gasteiger partial charge in [-0.2, -0.15) is 0 Å². The Hall–Kier alpha value is -3.08. The number of urea groups is 1. The Morgan fingerprint density at radius 2 is 2.05 bits per heavy atom. The quantitative estimate of drug-likeness (QED) is 0.364. The lowest BCUT2D eigenvalue weighted by molar-refractivity contribution is -0.141. The van der Waals surface area contributed by atoms with Crippen molar-refractivity contribution in [2.24, 2.45) is 0 Å². The molecule has 0 saturated carbocycles. The minimum atomic E-state index is -0.781. The molecule has 1 aromatic carbocycles. The average molecular weight is 552 g/mol. The molecule has 1 aliphatic heterocycles. The third kappa shape index (κ3) is 9.07. The molecule has 2 aromatic rings. The number of likely N-dealkylation sites (tertiary alicyclic amines) is 1. The zero-order valence-electron chi connectivity index (χ0n) is 20.8. The van der Waals surface area contributed by atoms with Crippen molar-refractivity contribution in [1.82, 2.24) is 20.5 Å². The van der Waals surface area contributed by atoms with E-state index in [0.717, 1.165) is 18.5 Å². The van der Waals surface area contributed by atoms with Gasteiger partial charge in [-0.3, -0.25) is 9.59 Å². The van der Waals surface area contributed by atoms with E-state index in [9.17, 15) is 14.4 Å². The highest BCUT2D eigenvalue weighted by Gasteiger charge is 2.24. The Balaban J connectivity index is 1.46. The van der Waals surface area contributed by atoms with Gasteiger partial charge in [-0.1, -0.05) is 42.3 Å². The van der Waals surface area contributed by atoms with Crippen molar-refractivity contribution >= 4 is 46.8 Å². The van der Waals surface area contributed by atoms with E-state index in [1.54, 1.807) is 18.2 Å². The second-order valence-corrected chi connectivity index (χ2v) is 9.43. The molecule has 1 aliphatic rings. The fourth-order valence-corrected chi connectivity index (χ4v) is 4.29. The predicted molar refractivity (Wildman–Crippen MR) is 141 cm³/mol. The summed E-state index contributed by atoms with van der Waals surface area (Å²) in [6.07, 6.45) is 2.16. The van der Waals surface area contributed by atoms with Crippen LogP contribution in [0.4, 0.5) is 10.5 Å². The summed E-state index contributed by atoms with van der Waals surface area (Å²) in [4.78, 5) is 42.6. The van der Waals surface area contributed by atoms with Gasteiger partial charge >= 0.3 is 12.0 Å². The lowest BCUT2D eigenvalue weighted by Gasteiger charge is -2.18. The summed E-state index contributed by atoms with van der Waals surface area (Å²) in [6.45, 7) is 4.15. The number of hydrogen-bond donors (Lipinski definition) is 3. The van der Waals surface area contributed by atoms with Crippen molar-refractivity contribution in [2.75, 3.05) is 32.1 Å². The van der Waals surface area contributed by atoms with E-state index in [1.807, 2.05) is 13.0 Å². The maximum Gasteiger partial charge on any atom is 0.319 e. The van der Waals surface area contributed by atoms with Crippen LogP contribution in [0.3, 0.4) is 0 Å². The number of halogens is 2. The summed E-state index contributed by atoms with van der Waals surface area (Å²) >= 11 is 12.0. The number of pyridine rings is 1. The van der Waals surface area contributed by atoms with E-state index in [4.69, 9.17) is 27.9 Å². The van der Waals surface area contributed by atoms with E-state index >= 15 is 0 Å².